The molecular formula is C14H28Cl2F3N3O. The molecule has 0 spiro atoms. The molecule has 0 bridgehead atoms. The Labute approximate surface area is 148 Å². The van der Waals surface area contributed by atoms with Crippen molar-refractivity contribution >= 4 is 30.7 Å². The zero-order valence-electron chi connectivity index (χ0n) is 13.7. The van der Waals surface area contributed by atoms with Gasteiger partial charge in [-0.05, 0) is 19.3 Å². The number of amides is 1. The predicted molar refractivity (Wildman–Crippen MR) is 90.3 cm³/mol. The van der Waals surface area contributed by atoms with Crippen molar-refractivity contribution in [1.29, 1.82) is 0 Å². The lowest BCUT2D eigenvalue weighted by atomic mass is 9.81. The fraction of sp³-hybridized carbons (Fsp3) is 0.929. The highest BCUT2D eigenvalue weighted by Crippen LogP contribution is 2.28. The van der Waals surface area contributed by atoms with E-state index in [4.69, 9.17) is 5.73 Å². The summed E-state index contributed by atoms with van der Waals surface area (Å²) >= 11 is 0. The largest absolute Gasteiger partial charge is 0.401 e. The van der Waals surface area contributed by atoms with Crippen molar-refractivity contribution in [3.63, 3.8) is 0 Å². The molecule has 1 aliphatic rings. The highest BCUT2D eigenvalue weighted by Gasteiger charge is 2.38. The van der Waals surface area contributed by atoms with Gasteiger partial charge in [-0.15, -0.1) is 24.8 Å². The average molecular weight is 382 g/mol. The number of halogens is 5. The van der Waals surface area contributed by atoms with Gasteiger partial charge in [-0.3, -0.25) is 9.69 Å². The first-order chi connectivity index (χ1) is 9.78. The Morgan fingerprint density at radius 1 is 1.04 bits per heavy atom. The van der Waals surface area contributed by atoms with Crippen LogP contribution in [0.25, 0.3) is 0 Å². The minimum Gasteiger partial charge on any atom is -0.341 e. The monoisotopic (exact) mass is 381 g/mol. The first kappa shape index (κ1) is 25.0. The van der Waals surface area contributed by atoms with Gasteiger partial charge in [0.25, 0.3) is 0 Å². The summed E-state index contributed by atoms with van der Waals surface area (Å²) < 4.78 is 37.3. The minimum atomic E-state index is -4.19. The Balaban J connectivity index is 0. The molecule has 0 aromatic heterocycles. The summed E-state index contributed by atoms with van der Waals surface area (Å²) in [6.45, 7) is 4.73. The topological polar surface area (TPSA) is 49.6 Å². The molecule has 140 valence electrons. The van der Waals surface area contributed by atoms with Crippen molar-refractivity contribution in [2.24, 2.45) is 11.1 Å². The van der Waals surface area contributed by atoms with E-state index in [0.717, 1.165) is 0 Å². The molecule has 0 unspecified atom stereocenters. The van der Waals surface area contributed by atoms with E-state index < -0.39 is 18.1 Å². The molecular weight excluding hydrogens is 354 g/mol. The maximum atomic E-state index is 12.7. The highest BCUT2D eigenvalue weighted by atomic mass is 35.5. The van der Waals surface area contributed by atoms with Crippen LogP contribution >= 0.6 is 24.8 Å². The number of carbonyl (C=O) groups excluding carboxylic acids is 1. The summed E-state index contributed by atoms with van der Waals surface area (Å²) in [4.78, 5) is 15.7. The van der Waals surface area contributed by atoms with Crippen LogP contribution in [0.4, 0.5) is 13.2 Å². The van der Waals surface area contributed by atoms with Gasteiger partial charge in [0.15, 0.2) is 0 Å². The Hall–Kier alpha value is -0.240. The van der Waals surface area contributed by atoms with Crippen LogP contribution in [0.3, 0.4) is 0 Å². The van der Waals surface area contributed by atoms with Crippen molar-refractivity contribution in [3.05, 3.63) is 0 Å². The molecule has 0 aromatic carbocycles. The van der Waals surface area contributed by atoms with Gasteiger partial charge >= 0.3 is 6.18 Å². The van der Waals surface area contributed by atoms with Crippen LogP contribution in [-0.2, 0) is 4.79 Å². The second-order valence-corrected chi connectivity index (χ2v) is 5.73. The van der Waals surface area contributed by atoms with E-state index in [9.17, 15) is 18.0 Å². The number of carbonyl (C=O) groups is 1. The van der Waals surface area contributed by atoms with Crippen LogP contribution in [-0.4, -0.2) is 61.2 Å². The van der Waals surface area contributed by atoms with Gasteiger partial charge in [-0.2, -0.15) is 13.2 Å². The summed E-state index contributed by atoms with van der Waals surface area (Å²) in [5, 5.41) is 0. The first-order valence-corrected chi connectivity index (χ1v) is 7.56. The highest BCUT2D eigenvalue weighted by molar-refractivity contribution is 5.85. The summed E-state index contributed by atoms with van der Waals surface area (Å²) in [5.74, 6) is -0.0103. The van der Waals surface area contributed by atoms with E-state index in [2.05, 4.69) is 0 Å². The van der Waals surface area contributed by atoms with E-state index in [1.807, 2.05) is 13.8 Å². The molecule has 0 saturated carbocycles. The van der Waals surface area contributed by atoms with Gasteiger partial charge < -0.3 is 10.6 Å². The SMILES string of the molecule is CCC(CC)(CN)C(=O)N1CCCN(CC(F)(F)F)CC1.Cl.Cl. The van der Waals surface area contributed by atoms with Gasteiger partial charge in [0, 0.05) is 32.7 Å². The maximum absolute atomic E-state index is 12.7. The minimum absolute atomic E-state index is 0. The molecule has 23 heavy (non-hydrogen) atoms. The lowest BCUT2D eigenvalue weighted by Gasteiger charge is -2.34. The predicted octanol–water partition coefficient (Wildman–Crippen LogP) is 2.69. The van der Waals surface area contributed by atoms with E-state index in [0.29, 0.717) is 38.9 Å². The average Bonchev–Trinajstić information content (AvgIpc) is 2.65. The lowest BCUT2D eigenvalue weighted by molar-refractivity contribution is -0.146. The van der Waals surface area contributed by atoms with Gasteiger partial charge in [0.2, 0.25) is 5.91 Å². The van der Waals surface area contributed by atoms with E-state index in [-0.39, 0.29) is 43.8 Å². The van der Waals surface area contributed by atoms with Crippen LogP contribution in [0, 0.1) is 5.41 Å². The number of alkyl halides is 3. The molecule has 4 nitrogen and oxygen atoms in total. The number of nitrogens with two attached hydrogens (primary N) is 1. The molecule has 9 heteroatoms. The van der Waals surface area contributed by atoms with Crippen molar-refractivity contribution in [2.45, 2.75) is 39.3 Å². The Morgan fingerprint density at radius 3 is 2.04 bits per heavy atom. The lowest BCUT2D eigenvalue weighted by Crippen LogP contribution is -2.48. The molecule has 0 atom stereocenters. The zero-order valence-corrected chi connectivity index (χ0v) is 15.3. The second kappa shape index (κ2) is 10.6. The van der Waals surface area contributed by atoms with Gasteiger partial charge in [-0.25, -0.2) is 0 Å². The fourth-order valence-electron chi connectivity index (χ4n) is 2.85. The van der Waals surface area contributed by atoms with Crippen LogP contribution in [0.15, 0.2) is 0 Å². The van der Waals surface area contributed by atoms with E-state index in [1.54, 1.807) is 4.90 Å². The second-order valence-electron chi connectivity index (χ2n) is 5.73. The van der Waals surface area contributed by atoms with E-state index >= 15 is 0 Å². The molecule has 1 saturated heterocycles. The fourth-order valence-corrected chi connectivity index (χ4v) is 2.85. The van der Waals surface area contributed by atoms with Gasteiger partial charge in [-0.1, -0.05) is 13.8 Å². The molecule has 1 amide bonds. The molecule has 1 rings (SSSR count). The molecule has 1 heterocycles. The van der Waals surface area contributed by atoms with Gasteiger partial charge in [0.05, 0.1) is 12.0 Å². The Morgan fingerprint density at radius 2 is 1.61 bits per heavy atom. The van der Waals surface area contributed by atoms with Crippen molar-refractivity contribution < 1.29 is 18.0 Å². The summed E-state index contributed by atoms with van der Waals surface area (Å²) in [6.07, 6.45) is -2.31. The van der Waals surface area contributed by atoms with E-state index in [1.165, 1.54) is 4.90 Å². The first-order valence-electron chi connectivity index (χ1n) is 7.56. The quantitative estimate of drug-likeness (QED) is 0.796. The van der Waals surface area contributed by atoms with Crippen molar-refractivity contribution in [2.75, 3.05) is 39.3 Å². The smallest absolute Gasteiger partial charge is 0.341 e. The maximum Gasteiger partial charge on any atom is 0.401 e. The number of hydrogen-bond acceptors (Lipinski definition) is 3. The van der Waals surface area contributed by atoms with Crippen molar-refractivity contribution in [1.82, 2.24) is 9.80 Å². The summed E-state index contributed by atoms with van der Waals surface area (Å²) in [7, 11) is 0. The molecule has 1 fully saturated rings. The third-order valence-corrected chi connectivity index (χ3v) is 4.48. The molecule has 2 N–H and O–H groups in total. The van der Waals surface area contributed by atoms with Crippen LogP contribution in [0.5, 0.6) is 0 Å². The number of rotatable bonds is 5. The number of hydrogen-bond donors (Lipinski definition) is 1. The molecule has 0 radical (unpaired) electrons. The summed E-state index contributed by atoms with van der Waals surface area (Å²) in [6, 6.07) is 0. The Bertz CT molecular complexity index is 344. The molecule has 1 aliphatic heterocycles. The Kier molecular flexibility index (Phi) is 11.5. The standard InChI is InChI=1S/C14H26F3N3O.2ClH/c1-3-13(4-2,10-18)12(21)20-7-5-6-19(8-9-20)11-14(15,16)17;;/h3-11,18H2,1-2H3;2*1H. The molecule has 0 aromatic rings. The van der Waals surface area contributed by atoms with Crippen molar-refractivity contribution in [3.8, 4) is 0 Å². The third kappa shape index (κ3) is 7.03. The molecule has 0 aliphatic carbocycles. The zero-order chi connectivity index (χ0) is 16.1. The van der Waals surface area contributed by atoms with Crippen LogP contribution < -0.4 is 5.73 Å². The number of nitrogens with zero attached hydrogens (tertiary/aromatic N) is 2. The van der Waals surface area contributed by atoms with Gasteiger partial charge in [0.1, 0.15) is 0 Å². The third-order valence-electron chi connectivity index (χ3n) is 4.48. The van der Waals surface area contributed by atoms with Crippen LogP contribution in [0.2, 0.25) is 0 Å². The normalized spacial score (nSPS) is 17.0. The summed E-state index contributed by atoms with van der Waals surface area (Å²) in [5.41, 5.74) is 5.21. The van der Waals surface area contributed by atoms with Crippen LogP contribution in [0.1, 0.15) is 33.1 Å².